The van der Waals surface area contributed by atoms with Crippen LogP contribution >= 0.6 is 0 Å². The average molecular weight is 380 g/mol. The van der Waals surface area contributed by atoms with Crippen molar-refractivity contribution in [1.82, 2.24) is 30.4 Å². The largest absolute Gasteiger partial charge is 0.352 e. The maximum absolute atomic E-state index is 13.6. The predicted octanol–water partition coefficient (Wildman–Crippen LogP) is 1.17. The van der Waals surface area contributed by atoms with Gasteiger partial charge in [0.05, 0.1) is 6.54 Å². The minimum Gasteiger partial charge on any atom is -0.352 e. The highest BCUT2D eigenvalue weighted by atomic mass is 19.1. The van der Waals surface area contributed by atoms with E-state index in [-0.39, 0.29) is 11.8 Å². The fraction of sp³-hybridized carbons (Fsp3) is 0.211. The van der Waals surface area contributed by atoms with Crippen molar-refractivity contribution in [1.29, 1.82) is 0 Å². The minimum absolute atomic E-state index is 0.280. The number of aromatic nitrogens is 4. The van der Waals surface area contributed by atoms with Gasteiger partial charge in [0, 0.05) is 18.7 Å². The molecule has 1 atom stereocenters. The van der Waals surface area contributed by atoms with Crippen molar-refractivity contribution in [3.05, 3.63) is 77.4 Å². The number of carbonyl (C=O) groups is 2. The van der Waals surface area contributed by atoms with Crippen molar-refractivity contribution in [2.45, 2.75) is 12.6 Å². The normalized spacial score (nSPS) is 16.7. The number of halogens is 1. The second-order valence-electron chi connectivity index (χ2n) is 6.45. The Morgan fingerprint density at radius 1 is 1.21 bits per heavy atom. The molecule has 1 aliphatic rings. The summed E-state index contributed by atoms with van der Waals surface area (Å²) in [5.41, 5.74) is 1.83. The molecular weight excluding hydrogens is 363 g/mol. The molecule has 1 aromatic heterocycles. The average Bonchev–Trinajstić information content (AvgIpc) is 3.21. The Morgan fingerprint density at radius 3 is 2.75 bits per heavy atom. The summed E-state index contributed by atoms with van der Waals surface area (Å²) in [4.78, 5) is 27.0. The predicted molar refractivity (Wildman–Crippen MR) is 96.5 cm³/mol. The van der Waals surface area contributed by atoms with Crippen LogP contribution in [-0.2, 0) is 11.3 Å². The molecular formula is C19H17FN6O2. The molecule has 3 aromatic rings. The zero-order valence-corrected chi connectivity index (χ0v) is 14.8. The second kappa shape index (κ2) is 7.55. The monoisotopic (exact) mass is 380 g/mol. The summed E-state index contributed by atoms with van der Waals surface area (Å²) in [5.74, 6) is -1.05. The van der Waals surface area contributed by atoms with Gasteiger partial charge in [-0.1, -0.05) is 24.3 Å². The molecule has 1 fully saturated rings. The molecule has 0 bridgehead atoms. The number of carbonyl (C=O) groups excluding carboxylic acids is 2. The maximum Gasteiger partial charge on any atom is 0.254 e. The molecule has 28 heavy (non-hydrogen) atoms. The van der Waals surface area contributed by atoms with Gasteiger partial charge in [-0.2, -0.15) is 0 Å². The summed E-state index contributed by atoms with van der Waals surface area (Å²) >= 11 is 0. The Morgan fingerprint density at radius 2 is 2.04 bits per heavy atom. The van der Waals surface area contributed by atoms with Crippen molar-refractivity contribution < 1.29 is 14.0 Å². The summed E-state index contributed by atoms with van der Waals surface area (Å²) < 4.78 is 15.2. The highest BCUT2D eigenvalue weighted by molar-refractivity contribution is 5.98. The van der Waals surface area contributed by atoms with Crippen molar-refractivity contribution >= 4 is 11.8 Å². The number of amides is 2. The molecule has 0 radical (unpaired) electrons. The summed E-state index contributed by atoms with van der Waals surface area (Å²) in [6, 6.07) is 11.9. The molecule has 1 N–H and O–H groups in total. The maximum atomic E-state index is 13.6. The van der Waals surface area contributed by atoms with Crippen molar-refractivity contribution in [3.8, 4) is 0 Å². The van der Waals surface area contributed by atoms with Crippen LogP contribution in [0.15, 0.2) is 54.9 Å². The van der Waals surface area contributed by atoms with Crippen LogP contribution in [0, 0.1) is 5.82 Å². The Bertz CT molecular complexity index is 990. The Kier molecular flexibility index (Phi) is 4.79. The van der Waals surface area contributed by atoms with Crippen LogP contribution in [-0.4, -0.2) is 50.0 Å². The van der Waals surface area contributed by atoms with E-state index in [0.29, 0.717) is 30.8 Å². The van der Waals surface area contributed by atoms with Gasteiger partial charge in [0.15, 0.2) is 0 Å². The number of hydrogen-bond acceptors (Lipinski definition) is 5. The minimum atomic E-state index is -0.863. The molecule has 0 saturated carbocycles. The number of nitrogens with one attached hydrogen (secondary N) is 1. The van der Waals surface area contributed by atoms with Crippen LogP contribution in [0.5, 0.6) is 0 Å². The van der Waals surface area contributed by atoms with Gasteiger partial charge in [-0.15, -0.1) is 5.10 Å². The lowest BCUT2D eigenvalue weighted by molar-refractivity contribution is -0.128. The standard InChI is InChI=1S/C19H17FN6O2/c20-16-3-1-2-15(10-16)17-18(27)21-8-9-26(17)19(28)14-6-4-13(5-7-14)11-25-12-22-23-24-25/h1-7,10,12,17H,8-9,11H2,(H,21,27)/t17-/m0/s1. The molecule has 0 unspecified atom stereocenters. The van der Waals surface area contributed by atoms with Gasteiger partial charge < -0.3 is 10.2 Å². The highest BCUT2D eigenvalue weighted by Gasteiger charge is 2.34. The van der Waals surface area contributed by atoms with E-state index in [9.17, 15) is 14.0 Å². The van der Waals surface area contributed by atoms with Gasteiger partial charge in [-0.3, -0.25) is 9.59 Å². The Balaban J connectivity index is 1.57. The van der Waals surface area contributed by atoms with Crippen LogP contribution in [0.4, 0.5) is 4.39 Å². The second-order valence-corrected chi connectivity index (χ2v) is 6.45. The topological polar surface area (TPSA) is 93.0 Å². The molecule has 8 nitrogen and oxygen atoms in total. The third-order valence-electron chi connectivity index (χ3n) is 4.57. The molecule has 142 valence electrons. The number of nitrogens with zero attached hydrogens (tertiary/aromatic N) is 5. The van der Waals surface area contributed by atoms with E-state index in [1.807, 2.05) is 12.1 Å². The number of benzene rings is 2. The quantitative estimate of drug-likeness (QED) is 0.734. The number of piperazine rings is 1. The van der Waals surface area contributed by atoms with Gasteiger partial charge in [0.2, 0.25) is 5.91 Å². The number of tetrazole rings is 1. The molecule has 0 spiro atoms. The molecule has 9 heteroatoms. The molecule has 1 aliphatic heterocycles. The van der Waals surface area contributed by atoms with Gasteiger partial charge in [-0.25, -0.2) is 9.07 Å². The zero-order valence-electron chi connectivity index (χ0n) is 14.8. The third kappa shape index (κ3) is 3.59. The van der Waals surface area contributed by atoms with E-state index in [4.69, 9.17) is 0 Å². The fourth-order valence-corrected chi connectivity index (χ4v) is 3.25. The van der Waals surface area contributed by atoms with Crippen LogP contribution in [0.3, 0.4) is 0 Å². The van der Waals surface area contributed by atoms with Gasteiger partial charge in [0.1, 0.15) is 18.2 Å². The van der Waals surface area contributed by atoms with E-state index >= 15 is 0 Å². The van der Waals surface area contributed by atoms with E-state index in [2.05, 4.69) is 20.8 Å². The first-order valence-electron chi connectivity index (χ1n) is 8.76. The van der Waals surface area contributed by atoms with Crippen LogP contribution in [0.25, 0.3) is 0 Å². The summed E-state index contributed by atoms with van der Waals surface area (Å²) in [7, 11) is 0. The summed E-state index contributed by atoms with van der Waals surface area (Å²) in [5, 5.41) is 13.7. The van der Waals surface area contributed by atoms with Crippen molar-refractivity contribution in [3.63, 3.8) is 0 Å². The van der Waals surface area contributed by atoms with E-state index < -0.39 is 11.9 Å². The summed E-state index contributed by atoms with van der Waals surface area (Å²) in [6.45, 7) is 1.19. The zero-order chi connectivity index (χ0) is 19.5. The first-order chi connectivity index (χ1) is 13.6. The van der Waals surface area contributed by atoms with Crippen molar-refractivity contribution in [2.24, 2.45) is 0 Å². The number of hydrogen-bond donors (Lipinski definition) is 1. The lowest BCUT2D eigenvalue weighted by Crippen LogP contribution is -2.52. The molecule has 2 amide bonds. The van der Waals surface area contributed by atoms with Crippen molar-refractivity contribution in [2.75, 3.05) is 13.1 Å². The molecule has 1 saturated heterocycles. The van der Waals surface area contributed by atoms with Crippen LogP contribution < -0.4 is 5.32 Å². The van der Waals surface area contributed by atoms with Gasteiger partial charge >= 0.3 is 0 Å². The molecule has 0 aliphatic carbocycles. The van der Waals surface area contributed by atoms with Gasteiger partial charge in [0.25, 0.3) is 5.91 Å². The van der Waals surface area contributed by atoms with E-state index in [0.717, 1.165) is 5.56 Å². The number of rotatable bonds is 4. The third-order valence-corrected chi connectivity index (χ3v) is 4.57. The molecule has 2 aromatic carbocycles. The fourth-order valence-electron chi connectivity index (χ4n) is 3.25. The first kappa shape index (κ1) is 17.8. The molecule has 4 rings (SSSR count). The van der Waals surface area contributed by atoms with Gasteiger partial charge in [-0.05, 0) is 45.8 Å². The van der Waals surface area contributed by atoms with E-state index in [1.54, 1.807) is 22.9 Å². The smallest absolute Gasteiger partial charge is 0.254 e. The lowest BCUT2D eigenvalue weighted by Gasteiger charge is -2.35. The highest BCUT2D eigenvalue weighted by Crippen LogP contribution is 2.26. The van der Waals surface area contributed by atoms with Crippen LogP contribution in [0.1, 0.15) is 27.5 Å². The Hall–Kier alpha value is -3.62. The Labute approximate surface area is 160 Å². The van der Waals surface area contributed by atoms with E-state index in [1.165, 1.54) is 29.4 Å². The summed E-state index contributed by atoms with van der Waals surface area (Å²) in [6.07, 6.45) is 1.51. The SMILES string of the molecule is O=C1NCCN(C(=O)c2ccc(Cn3cnnn3)cc2)[C@H]1c1cccc(F)c1. The van der Waals surface area contributed by atoms with Crippen LogP contribution in [0.2, 0.25) is 0 Å². The first-order valence-corrected chi connectivity index (χ1v) is 8.76. The molecule has 2 heterocycles. The lowest BCUT2D eigenvalue weighted by atomic mass is 10.0.